The lowest BCUT2D eigenvalue weighted by Crippen LogP contribution is -2.03. The molecule has 0 bridgehead atoms. The lowest BCUT2D eigenvalue weighted by Gasteiger charge is -2.11. The summed E-state index contributed by atoms with van der Waals surface area (Å²) in [4.78, 5) is 4.30. The molecule has 8 heteroatoms. The first-order valence-corrected chi connectivity index (χ1v) is 7.35. The summed E-state index contributed by atoms with van der Waals surface area (Å²) in [6, 6.07) is 11.0. The molecule has 122 valence electrons. The highest BCUT2D eigenvalue weighted by molar-refractivity contribution is 6.31. The molecular formula is C16H13ClFN5O. The third-order valence-electron chi connectivity index (χ3n) is 3.08. The molecule has 6 nitrogen and oxygen atoms in total. The van der Waals surface area contributed by atoms with Crippen LogP contribution >= 0.6 is 11.6 Å². The van der Waals surface area contributed by atoms with Gasteiger partial charge in [0.25, 0.3) is 0 Å². The van der Waals surface area contributed by atoms with E-state index in [-0.39, 0.29) is 11.8 Å². The highest BCUT2D eigenvalue weighted by Gasteiger charge is 2.07. The van der Waals surface area contributed by atoms with Gasteiger partial charge in [0, 0.05) is 10.7 Å². The Balaban J connectivity index is 1.80. The highest BCUT2D eigenvalue weighted by atomic mass is 35.5. The Morgan fingerprint density at radius 2 is 1.88 bits per heavy atom. The van der Waals surface area contributed by atoms with Crippen molar-refractivity contribution in [3.05, 3.63) is 59.5 Å². The molecule has 2 aromatic carbocycles. The fourth-order valence-electron chi connectivity index (χ4n) is 1.99. The third-order valence-corrected chi connectivity index (χ3v) is 3.32. The first kappa shape index (κ1) is 15.9. The van der Waals surface area contributed by atoms with E-state index in [0.29, 0.717) is 28.0 Å². The number of aromatic nitrogens is 3. The second-order valence-electron chi connectivity index (χ2n) is 4.77. The van der Waals surface area contributed by atoms with Crippen LogP contribution in [0.5, 0.6) is 5.75 Å². The predicted octanol–water partition coefficient (Wildman–Crippen LogP) is 4.16. The van der Waals surface area contributed by atoms with Crippen LogP contribution in [0.2, 0.25) is 5.02 Å². The summed E-state index contributed by atoms with van der Waals surface area (Å²) in [6.07, 6.45) is 1.47. The summed E-state index contributed by atoms with van der Waals surface area (Å²) < 4.78 is 18.2. The topological polar surface area (TPSA) is 72.0 Å². The maximum Gasteiger partial charge on any atom is 0.249 e. The van der Waals surface area contributed by atoms with E-state index in [0.717, 1.165) is 0 Å². The van der Waals surface area contributed by atoms with E-state index in [9.17, 15) is 4.39 Å². The van der Waals surface area contributed by atoms with Gasteiger partial charge in [0.1, 0.15) is 11.6 Å². The van der Waals surface area contributed by atoms with Gasteiger partial charge in [-0.15, -0.1) is 5.10 Å². The molecule has 0 aliphatic rings. The fraction of sp³-hybridized carbons (Fsp3) is 0.0625. The van der Waals surface area contributed by atoms with Crippen molar-refractivity contribution in [2.45, 2.75) is 0 Å². The van der Waals surface area contributed by atoms with E-state index < -0.39 is 0 Å². The molecule has 0 aliphatic carbocycles. The summed E-state index contributed by atoms with van der Waals surface area (Å²) in [5.74, 6) is 1.02. The molecule has 0 radical (unpaired) electrons. The zero-order valence-electron chi connectivity index (χ0n) is 12.6. The van der Waals surface area contributed by atoms with Crippen molar-refractivity contribution in [1.29, 1.82) is 0 Å². The summed E-state index contributed by atoms with van der Waals surface area (Å²) in [6.45, 7) is 0. The number of halogens is 2. The van der Waals surface area contributed by atoms with E-state index in [2.05, 4.69) is 25.8 Å². The SMILES string of the molecule is COc1ccc(Cl)cc1Nc1cnnc(Nc2ccc(F)cc2)n1. The maximum atomic E-state index is 12.9. The standard InChI is InChI=1S/C16H13ClFN5O/c1-24-14-7-2-10(17)8-13(14)21-15-9-19-23-16(22-15)20-12-5-3-11(18)4-6-12/h2-9H,1H3,(H2,20,21,22,23). The number of nitrogens with one attached hydrogen (secondary N) is 2. The first-order valence-electron chi connectivity index (χ1n) is 6.97. The summed E-state index contributed by atoms with van der Waals surface area (Å²) in [5, 5.41) is 14.4. The molecule has 1 heterocycles. The van der Waals surface area contributed by atoms with Crippen molar-refractivity contribution in [3.8, 4) is 5.75 Å². The minimum absolute atomic E-state index is 0.271. The minimum Gasteiger partial charge on any atom is -0.495 e. The molecule has 1 aromatic heterocycles. The Morgan fingerprint density at radius 1 is 1.08 bits per heavy atom. The quantitative estimate of drug-likeness (QED) is 0.723. The third kappa shape index (κ3) is 3.88. The molecule has 24 heavy (non-hydrogen) atoms. The monoisotopic (exact) mass is 345 g/mol. The Labute approximate surface area is 142 Å². The van der Waals surface area contributed by atoms with Crippen LogP contribution in [0, 0.1) is 5.82 Å². The van der Waals surface area contributed by atoms with Crippen molar-refractivity contribution in [2.75, 3.05) is 17.7 Å². The smallest absolute Gasteiger partial charge is 0.249 e. The van der Waals surface area contributed by atoms with Crippen LogP contribution in [0.3, 0.4) is 0 Å². The summed E-state index contributed by atoms with van der Waals surface area (Å²) in [7, 11) is 1.56. The second kappa shape index (κ2) is 7.10. The van der Waals surface area contributed by atoms with E-state index in [1.54, 1.807) is 37.4 Å². The number of methoxy groups -OCH3 is 1. The van der Waals surface area contributed by atoms with Crippen molar-refractivity contribution < 1.29 is 9.13 Å². The molecule has 0 unspecified atom stereocenters. The van der Waals surface area contributed by atoms with Crippen LogP contribution in [-0.2, 0) is 0 Å². The van der Waals surface area contributed by atoms with Crippen LogP contribution < -0.4 is 15.4 Å². The van der Waals surface area contributed by atoms with Crippen LogP contribution in [0.4, 0.5) is 27.5 Å². The number of nitrogens with zero attached hydrogens (tertiary/aromatic N) is 3. The van der Waals surface area contributed by atoms with Crippen LogP contribution in [0.15, 0.2) is 48.7 Å². The molecule has 0 saturated heterocycles. The Bertz CT molecular complexity index is 844. The minimum atomic E-state index is -0.317. The second-order valence-corrected chi connectivity index (χ2v) is 5.20. The van der Waals surface area contributed by atoms with E-state index in [4.69, 9.17) is 16.3 Å². The number of hydrogen-bond acceptors (Lipinski definition) is 6. The molecule has 0 atom stereocenters. The Morgan fingerprint density at radius 3 is 2.62 bits per heavy atom. The largest absolute Gasteiger partial charge is 0.495 e. The van der Waals surface area contributed by atoms with Gasteiger partial charge in [0.2, 0.25) is 5.95 Å². The van der Waals surface area contributed by atoms with Gasteiger partial charge in [0.05, 0.1) is 19.0 Å². The molecule has 0 amide bonds. The number of hydrogen-bond donors (Lipinski definition) is 2. The average Bonchev–Trinajstić information content (AvgIpc) is 2.58. The number of benzene rings is 2. The zero-order chi connectivity index (χ0) is 16.9. The van der Waals surface area contributed by atoms with Crippen molar-refractivity contribution in [2.24, 2.45) is 0 Å². The lowest BCUT2D eigenvalue weighted by molar-refractivity contribution is 0.417. The number of ether oxygens (including phenoxy) is 1. The van der Waals surface area contributed by atoms with E-state index in [1.807, 2.05) is 0 Å². The molecule has 3 aromatic rings. The number of anilines is 4. The van der Waals surface area contributed by atoms with Gasteiger partial charge in [-0.2, -0.15) is 10.1 Å². The molecule has 2 N–H and O–H groups in total. The molecule has 3 rings (SSSR count). The fourth-order valence-corrected chi connectivity index (χ4v) is 2.17. The molecule has 0 spiro atoms. The van der Waals surface area contributed by atoms with Gasteiger partial charge in [-0.3, -0.25) is 0 Å². The highest BCUT2D eigenvalue weighted by Crippen LogP contribution is 2.29. The maximum absolute atomic E-state index is 12.9. The summed E-state index contributed by atoms with van der Waals surface area (Å²) in [5.41, 5.74) is 1.30. The zero-order valence-corrected chi connectivity index (χ0v) is 13.4. The van der Waals surface area contributed by atoms with Crippen molar-refractivity contribution >= 4 is 34.7 Å². The van der Waals surface area contributed by atoms with Gasteiger partial charge in [-0.25, -0.2) is 4.39 Å². The van der Waals surface area contributed by atoms with Gasteiger partial charge in [0.15, 0.2) is 5.82 Å². The van der Waals surface area contributed by atoms with Crippen molar-refractivity contribution in [3.63, 3.8) is 0 Å². The molecule has 0 aliphatic heterocycles. The molecule has 0 fully saturated rings. The lowest BCUT2D eigenvalue weighted by atomic mass is 10.3. The molecular weight excluding hydrogens is 333 g/mol. The van der Waals surface area contributed by atoms with E-state index in [1.165, 1.54) is 18.3 Å². The number of rotatable bonds is 5. The summed E-state index contributed by atoms with van der Waals surface area (Å²) >= 11 is 6.00. The normalized spacial score (nSPS) is 10.3. The van der Waals surface area contributed by atoms with Crippen LogP contribution in [0.1, 0.15) is 0 Å². The van der Waals surface area contributed by atoms with Gasteiger partial charge in [-0.1, -0.05) is 11.6 Å². The van der Waals surface area contributed by atoms with Crippen LogP contribution in [-0.4, -0.2) is 22.3 Å². The van der Waals surface area contributed by atoms with Crippen LogP contribution in [0.25, 0.3) is 0 Å². The van der Waals surface area contributed by atoms with Gasteiger partial charge < -0.3 is 15.4 Å². The van der Waals surface area contributed by atoms with E-state index >= 15 is 0 Å². The predicted molar refractivity (Wildman–Crippen MR) is 90.8 cm³/mol. The first-order chi connectivity index (χ1) is 11.6. The van der Waals surface area contributed by atoms with Gasteiger partial charge in [-0.05, 0) is 42.5 Å². The molecule has 0 saturated carbocycles. The van der Waals surface area contributed by atoms with Gasteiger partial charge >= 0.3 is 0 Å². The average molecular weight is 346 g/mol. The van der Waals surface area contributed by atoms with Crippen molar-refractivity contribution in [1.82, 2.24) is 15.2 Å². The Hall–Kier alpha value is -2.93. The Kier molecular flexibility index (Phi) is 4.72.